The van der Waals surface area contributed by atoms with E-state index in [1.807, 2.05) is 0 Å². The molecule has 52 heavy (non-hydrogen) atoms. The number of hydrogen-bond acceptors (Lipinski definition) is 4. The van der Waals surface area contributed by atoms with E-state index in [0.717, 1.165) is 44.9 Å². The van der Waals surface area contributed by atoms with Crippen LogP contribution in [0.4, 0.5) is 0 Å². The molecule has 0 saturated heterocycles. The summed E-state index contributed by atoms with van der Waals surface area (Å²) in [7, 11) is 0. The van der Waals surface area contributed by atoms with Crippen molar-refractivity contribution in [2.45, 2.75) is 265 Å². The molecule has 0 aromatic rings. The van der Waals surface area contributed by atoms with Crippen LogP contribution in [0.2, 0.25) is 0 Å². The maximum absolute atomic E-state index is 13.1. The molecule has 4 nitrogen and oxygen atoms in total. The van der Waals surface area contributed by atoms with Gasteiger partial charge in [0.05, 0.1) is 25.6 Å². The van der Waals surface area contributed by atoms with E-state index in [0.29, 0.717) is 13.2 Å². The van der Waals surface area contributed by atoms with E-state index in [-0.39, 0.29) is 24.3 Å². The van der Waals surface area contributed by atoms with Crippen LogP contribution < -0.4 is 0 Å². The molecule has 0 saturated carbocycles. The zero-order valence-electron chi connectivity index (χ0n) is 35.6. The van der Waals surface area contributed by atoms with Crippen molar-refractivity contribution >= 4 is 11.9 Å². The molecule has 0 aliphatic carbocycles. The lowest BCUT2D eigenvalue weighted by atomic mass is 9.97. The summed E-state index contributed by atoms with van der Waals surface area (Å²) in [6, 6.07) is 0. The second-order valence-corrected chi connectivity index (χ2v) is 16.1. The summed E-state index contributed by atoms with van der Waals surface area (Å²) in [5.74, 6) is -0.771. The smallest absolute Gasteiger partial charge is 0.309 e. The van der Waals surface area contributed by atoms with E-state index in [1.54, 1.807) is 0 Å². The summed E-state index contributed by atoms with van der Waals surface area (Å²) < 4.78 is 11.3. The maximum Gasteiger partial charge on any atom is 0.309 e. The third-order valence-corrected chi connectivity index (χ3v) is 10.8. The molecule has 0 aliphatic heterocycles. The monoisotopic (exact) mass is 733 g/mol. The summed E-state index contributed by atoms with van der Waals surface area (Å²) in [6.07, 6.45) is 51.6. The Hall–Kier alpha value is -1.32. The van der Waals surface area contributed by atoms with Crippen molar-refractivity contribution in [1.82, 2.24) is 0 Å². The number of unbranched alkanes of at least 4 members (excludes halogenated alkanes) is 32. The Balaban J connectivity index is 4.17. The lowest BCUT2D eigenvalue weighted by molar-refractivity contribution is -0.155. The molecule has 0 radical (unpaired) electrons. The SMILES string of the molecule is CCC/C=C/CCCCCCCCCCCCCCCC(CC(=O)OCCCCCCCCCCCC)C(=O)OCCCCCCCCCCCC. The molecule has 0 aromatic carbocycles. The summed E-state index contributed by atoms with van der Waals surface area (Å²) in [4.78, 5) is 25.8. The van der Waals surface area contributed by atoms with Gasteiger partial charge in [-0.3, -0.25) is 9.59 Å². The Morgan fingerprint density at radius 3 is 1.15 bits per heavy atom. The van der Waals surface area contributed by atoms with Gasteiger partial charge in [-0.15, -0.1) is 0 Å². The first kappa shape index (κ1) is 50.7. The fraction of sp³-hybridized carbons (Fsp3) is 0.917. The van der Waals surface area contributed by atoms with E-state index >= 15 is 0 Å². The predicted octanol–water partition coefficient (Wildman–Crippen LogP) is 16.1. The van der Waals surface area contributed by atoms with Crippen LogP contribution in [0.25, 0.3) is 0 Å². The Morgan fingerprint density at radius 1 is 0.385 bits per heavy atom. The van der Waals surface area contributed by atoms with Crippen LogP contribution in [0.5, 0.6) is 0 Å². The van der Waals surface area contributed by atoms with Crippen molar-refractivity contribution < 1.29 is 19.1 Å². The second-order valence-electron chi connectivity index (χ2n) is 16.1. The van der Waals surface area contributed by atoms with Crippen molar-refractivity contribution in [1.29, 1.82) is 0 Å². The molecule has 0 rings (SSSR count). The van der Waals surface area contributed by atoms with Crippen LogP contribution in [0, 0.1) is 5.92 Å². The molecule has 0 bridgehead atoms. The zero-order valence-corrected chi connectivity index (χ0v) is 35.6. The molecule has 1 unspecified atom stereocenters. The predicted molar refractivity (Wildman–Crippen MR) is 227 cm³/mol. The fourth-order valence-electron chi connectivity index (χ4n) is 7.22. The van der Waals surface area contributed by atoms with Gasteiger partial charge < -0.3 is 9.47 Å². The summed E-state index contributed by atoms with van der Waals surface area (Å²) >= 11 is 0. The molecule has 308 valence electrons. The number of ether oxygens (including phenoxy) is 2. The minimum Gasteiger partial charge on any atom is -0.466 e. The molecule has 0 fully saturated rings. The highest BCUT2D eigenvalue weighted by molar-refractivity contribution is 5.79. The lowest BCUT2D eigenvalue weighted by Gasteiger charge is -2.16. The summed E-state index contributed by atoms with van der Waals surface area (Å²) in [5.41, 5.74) is 0. The fourth-order valence-corrected chi connectivity index (χ4v) is 7.22. The van der Waals surface area contributed by atoms with Gasteiger partial charge in [0.2, 0.25) is 0 Å². The van der Waals surface area contributed by atoms with Crippen LogP contribution in [0.15, 0.2) is 12.2 Å². The normalized spacial score (nSPS) is 12.1. The highest BCUT2D eigenvalue weighted by Crippen LogP contribution is 2.20. The largest absolute Gasteiger partial charge is 0.466 e. The highest BCUT2D eigenvalue weighted by atomic mass is 16.5. The van der Waals surface area contributed by atoms with Gasteiger partial charge >= 0.3 is 11.9 Å². The van der Waals surface area contributed by atoms with Gasteiger partial charge in [0, 0.05) is 0 Å². The molecule has 0 heterocycles. The molecule has 0 aliphatic rings. The van der Waals surface area contributed by atoms with Crippen LogP contribution in [0.1, 0.15) is 265 Å². The van der Waals surface area contributed by atoms with E-state index in [4.69, 9.17) is 9.47 Å². The number of carbonyl (C=O) groups excluding carboxylic acids is 2. The van der Waals surface area contributed by atoms with Crippen LogP contribution in [-0.4, -0.2) is 25.2 Å². The van der Waals surface area contributed by atoms with Crippen molar-refractivity contribution in [3.63, 3.8) is 0 Å². The maximum atomic E-state index is 13.1. The first-order chi connectivity index (χ1) is 25.7. The average Bonchev–Trinajstić information content (AvgIpc) is 3.14. The first-order valence-electron chi connectivity index (χ1n) is 23.6. The molecular weight excluding hydrogens is 641 g/mol. The van der Waals surface area contributed by atoms with Crippen molar-refractivity contribution in [3.05, 3.63) is 12.2 Å². The van der Waals surface area contributed by atoms with Crippen LogP contribution in [0.3, 0.4) is 0 Å². The van der Waals surface area contributed by atoms with Gasteiger partial charge in [-0.25, -0.2) is 0 Å². The summed E-state index contributed by atoms with van der Waals surface area (Å²) in [6.45, 7) is 7.73. The number of esters is 2. The van der Waals surface area contributed by atoms with Gasteiger partial charge in [-0.1, -0.05) is 232 Å². The van der Waals surface area contributed by atoms with Crippen molar-refractivity contribution in [2.75, 3.05) is 13.2 Å². The molecule has 0 N–H and O–H groups in total. The molecule has 1 atom stereocenters. The highest BCUT2D eigenvalue weighted by Gasteiger charge is 2.24. The van der Waals surface area contributed by atoms with E-state index in [9.17, 15) is 9.59 Å². The van der Waals surface area contributed by atoms with E-state index in [1.165, 1.54) is 193 Å². The number of allylic oxidation sites excluding steroid dienone is 2. The average molecular weight is 733 g/mol. The van der Waals surface area contributed by atoms with Crippen molar-refractivity contribution in [3.8, 4) is 0 Å². The van der Waals surface area contributed by atoms with Crippen LogP contribution >= 0.6 is 0 Å². The quantitative estimate of drug-likeness (QED) is 0.0356. The number of rotatable bonds is 43. The molecule has 0 amide bonds. The minimum atomic E-state index is -0.360. The lowest BCUT2D eigenvalue weighted by Crippen LogP contribution is -2.23. The topological polar surface area (TPSA) is 52.6 Å². The molecule has 4 heteroatoms. The molecule has 0 spiro atoms. The Morgan fingerprint density at radius 2 is 0.731 bits per heavy atom. The van der Waals surface area contributed by atoms with Gasteiger partial charge in [0.15, 0.2) is 0 Å². The Labute approximate surface area is 326 Å². The first-order valence-corrected chi connectivity index (χ1v) is 23.6. The Kier molecular flexibility index (Phi) is 43.0. The minimum absolute atomic E-state index is 0.171. The summed E-state index contributed by atoms with van der Waals surface area (Å²) in [5, 5.41) is 0. The van der Waals surface area contributed by atoms with E-state index in [2.05, 4.69) is 32.9 Å². The zero-order chi connectivity index (χ0) is 37.8. The standard InChI is InChI=1S/C48H92O4/c1-4-7-10-13-16-19-22-23-24-25-26-27-28-29-30-33-36-39-42-46(48(50)52-44-41-38-35-32-21-18-15-12-9-6-3)45-47(49)51-43-40-37-34-31-20-17-14-11-8-5-2/h10,13,46H,4-9,11-12,14-45H2,1-3H3/b13-10+. The van der Waals surface area contributed by atoms with Gasteiger partial charge in [0.1, 0.15) is 0 Å². The van der Waals surface area contributed by atoms with Gasteiger partial charge in [-0.2, -0.15) is 0 Å². The second kappa shape index (κ2) is 44.1. The van der Waals surface area contributed by atoms with E-state index < -0.39 is 0 Å². The van der Waals surface area contributed by atoms with Crippen molar-refractivity contribution in [2.24, 2.45) is 5.92 Å². The van der Waals surface area contributed by atoms with Gasteiger partial charge in [0.25, 0.3) is 0 Å². The number of hydrogen-bond donors (Lipinski definition) is 0. The third-order valence-electron chi connectivity index (χ3n) is 10.8. The van der Waals surface area contributed by atoms with Crippen LogP contribution in [-0.2, 0) is 19.1 Å². The molecular formula is C48H92O4. The molecule has 0 aromatic heterocycles. The van der Waals surface area contributed by atoms with Gasteiger partial charge in [-0.05, 0) is 38.5 Å². The number of carbonyl (C=O) groups is 2. The Bertz CT molecular complexity index is 747. The third kappa shape index (κ3) is 39.9.